The Hall–Kier alpha value is -2.84. The normalized spacial score (nSPS) is 17.2. The van der Waals surface area contributed by atoms with E-state index in [0.29, 0.717) is 22.8 Å². The molecule has 3 aromatic rings. The van der Waals surface area contributed by atoms with Crippen LogP contribution in [0.3, 0.4) is 0 Å². The highest BCUT2D eigenvalue weighted by molar-refractivity contribution is 5.89. The molecular formula is C25H35N7O. The van der Waals surface area contributed by atoms with Crippen LogP contribution in [0.25, 0.3) is 22.2 Å². The third-order valence-electron chi connectivity index (χ3n) is 6.66. The molecule has 4 heterocycles. The van der Waals surface area contributed by atoms with Crippen molar-refractivity contribution in [2.24, 2.45) is 0 Å². The second-order valence-electron chi connectivity index (χ2n) is 9.52. The summed E-state index contributed by atoms with van der Waals surface area (Å²) in [6, 6.07) is 6.22. The number of likely N-dealkylation sites (tertiary alicyclic amines) is 1. The van der Waals surface area contributed by atoms with Crippen LogP contribution in [0.4, 0.5) is 11.8 Å². The van der Waals surface area contributed by atoms with E-state index in [1.54, 1.807) is 0 Å². The first-order valence-corrected chi connectivity index (χ1v) is 11.9. The average molecular weight is 450 g/mol. The molecule has 0 aromatic carbocycles. The van der Waals surface area contributed by atoms with E-state index < -0.39 is 5.54 Å². The Morgan fingerprint density at radius 2 is 1.91 bits per heavy atom. The van der Waals surface area contributed by atoms with Crippen LogP contribution in [0.5, 0.6) is 0 Å². The number of nitrogens with two attached hydrogens (primary N) is 1. The lowest BCUT2D eigenvalue weighted by molar-refractivity contribution is 0.212. The van der Waals surface area contributed by atoms with Crippen LogP contribution in [0.2, 0.25) is 0 Å². The molecule has 33 heavy (non-hydrogen) atoms. The lowest BCUT2D eigenvalue weighted by atomic mass is 9.93. The number of hydrogen-bond donors (Lipinski definition) is 3. The summed E-state index contributed by atoms with van der Waals surface area (Å²) in [7, 11) is 2.17. The Morgan fingerprint density at radius 3 is 2.58 bits per heavy atom. The lowest BCUT2D eigenvalue weighted by Crippen LogP contribution is -2.39. The van der Waals surface area contributed by atoms with Crippen molar-refractivity contribution in [3.63, 3.8) is 0 Å². The molecule has 1 aliphatic rings. The smallest absolute Gasteiger partial charge is 0.222 e. The predicted molar refractivity (Wildman–Crippen MR) is 133 cm³/mol. The second kappa shape index (κ2) is 9.97. The molecule has 4 rings (SSSR count). The van der Waals surface area contributed by atoms with Crippen molar-refractivity contribution < 1.29 is 5.11 Å². The van der Waals surface area contributed by atoms with Crippen molar-refractivity contribution in [3.8, 4) is 11.1 Å². The molecule has 1 aliphatic heterocycles. The number of aromatic nitrogens is 4. The summed E-state index contributed by atoms with van der Waals surface area (Å²) in [5.41, 5.74) is 9.91. The van der Waals surface area contributed by atoms with E-state index in [4.69, 9.17) is 10.7 Å². The van der Waals surface area contributed by atoms with Gasteiger partial charge in [-0.05, 0) is 58.5 Å². The van der Waals surface area contributed by atoms with E-state index in [-0.39, 0.29) is 12.6 Å². The van der Waals surface area contributed by atoms with E-state index >= 15 is 0 Å². The zero-order chi connectivity index (χ0) is 23.4. The third kappa shape index (κ3) is 5.39. The fourth-order valence-corrected chi connectivity index (χ4v) is 4.44. The lowest BCUT2D eigenvalue weighted by Gasteiger charge is -2.29. The second-order valence-corrected chi connectivity index (χ2v) is 9.52. The van der Waals surface area contributed by atoms with Gasteiger partial charge in [-0.15, -0.1) is 0 Å². The number of piperidine rings is 1. The van der Waals surface area contributed by atoms with Gasteiger partial charge in [0.2, 0.25) is 5.95 Å². The Labute approximate surface area is 195 Å². The fourth-order valence-electron chi connectivity index (χ4n) is 4.44. The molecule has 0 bridgehead atoms. The molecule has 1 unspecified atom stereocenters. The zero-order valence-electron chi connectivity index (χ0n) is 19.9. The monoisotopic (exact) mass is 449 g/mol. The molecule has 176 valence electrons. The summed E-state index contributed by atoms with van der Waals surface area (Å²) in [6.45, 7) is 6.35. The molecule has 4 N–H and O–H groups in total. The number of pyridine rings is 2. The number of fused-ring (bicyclic) bond motifs is 1. The maximum atomic E-state index is 9.97. The molecule has 0 amide bonds. The number of anilines is 2. The van der Waals surface area contributed by atoms with Gasteiger partial charge in [0.25, 0.3) is 0 Å². The van der Waals surface area contributed by atoms with E-state index in [1.807, 2.05) is 25.4 Å². The first-order chi connectivity index (χ1) is 15.9. The maximum absolute atomic E-state index is 9.97. The molecule has 0 spiro atoms. The SMILES string of the molecule is CCCCC(C)(CO)Nc1nc(N)nc2cc(-c3ccc(C4CCN(C)CC4)nc3)cnc12. The average Bonchev–Trinajstić information content (AvgIpc) is 2.83. The summed E-state index contributed by atoms with van der Waals surface area (Å²) >= 11 is 0. The van der Waals surface area contributed by atoms with Gasteiger partial charge in [-0.25, -0.2) is 4.98 Å². The van der Waals surface area contributed by atoms with Crippen molar-refractivity contribution in [2.75, 3.05) is 37.8 Å². The van der Waals surface area contributed by atoms with E-state index in [1.165, 1.54) is 0 Å². The van der Waals surface area contributed by atoms with Crippen molar-refractivity contribution in [1.29, 1.82) is 0 Å². The Kier molecular flexibility index (Phi) is 7.05. The van der Waals surface area contributed by atoms with Crippen molar-refractivity contribution in [2.45, 2.75) is 57.4 Å². The summed E-state index contributed by atoms with van der Waals surface area (Å²) in [5.74, 6) is 1.25. The summed E-state index contributed by atoms with van der Waals surface area (Å²) in [6.07, 6.45) is 8.92. The van der Waals surface area contributed by atoms with Crippen molar-refractivity contribution >= 4 is 22.8 Å². The number of aliphatic hydroxyl groups is 1. The van der Waals surface area contributed by atoms with Gasteiger partial charge in [-0.2, -0.15) is 4.98 Å². The highest BCUT2D eigenvalue weighted by Gasteiger charge is 2.25. The number of nitrogen functional groups attached to an aromatic ring is 1. The number of rotatable bonds is 8. The van der Waals surface area contributed by atoms with Crippen LogP contribution in [0.15, 0.2) is 30.6 Å². The van der Waals surface area contributed by atoms with Crippen LogP contribution in [-0.2, 0) is 0 Å². The van der Waals surface area contributed by atoms with Gasteiger partial charge in [0.05, 0.1) is 17.7 Å². The van der Waals surface area contributed by atoms with Gasteiger partial charge in [-0.1, -0.05) is 25.8 Å². The van der Waals surface area contributed by atoms with E-state index in [9.17, 15) is 5.11 Å². The Bertz CT molecular complexity index is 1080. The first-order valence-electron chi connectivity index (χ1n) is 11.9. The van der Waals surface area contributed by atoms with Gasteiger partial charge in [-0.3, -0.25) is 9.97 Å². The van der Waals surface area contributed by atoms with Crippen molar-refractivity contribution in [1.82, 2.24) is 24.8 Å². The molecule has 1 saturated heterocycles. The van der Waals surface area contributed by atoms with Gasteiger partial charge in [0, 0.05) is 35.1 Å². The Morgan fingerprint density at radius 1 is 1.15 bits per heavy atom. The highest BCUT2D eigenvalue weighted by Crippen LogP contribution is 2.30. The number of hydrogen-bond acceptors (Lipinski definition) is 8. The van der Waals surface area contributed by atoms with Crippen LogP contribution in [0.1, 0.15) is 57.6 Å². The van der Waals surface area contributed by atoms with Crippen LogP contribution in [0, 0.1) is 0 Å². The number of nitrogens with one attached hydrogen (secondary N) is 1. The van der Waals surface area contributed by atoms with Gasteiger partial charge in [0.1, 0.15) is 5.52 Å². The van der Waals surface area contributed by atoms with Gasteiger partial charge in [0.15, 0.2) is 5.82 Å². The molecule has 1 fully saturated rings. The molecule has 3 aromatic heterocycles. The van der Waals surface area contributed by atoms with E-state index in [0.717, 1.165) is 62.0 Å². The molecule has 0 aliphatic carbocycles. The van der Waals surface area contributed by atoms with Crippen LogP contribution in [-0.4, -0.2) is 62.2 Å². The molecule has 0 saturated carbocycles. The summed E-state index contributed by atoms with van der Waals surface area (Å²) in [4.78, 5) is 20.6. The minimum atomic E-state index is -0.502. The molecular weight excluding hydrogens is 414 g/mol. The standard InChI is InChI=1S/C25H35N7O/c1-4-5-10-25(2,16-33)31-23-22-21(29-24(26)30-23)13-19(15-28-22)18-6-7-20(27-14-18)17-8-11-32(3)12-9-17/h6-7,13-15,17,33H,4-5,8-12,16H2,1-3H3,(H3,26,29,30,31). The van der Waals surface area contributed by atoms with Crippen molar-refractivity contribution in [3.05, 3.63) is 36.3 Å². The third-order valence-corrected chi connectivity index (χ3v) is 6.66. The molecule has 8 heteroatoms. The number of unbranched alkanes of at least 4 members (excludes halogenated alkanes) is 1. The molecule has 8 nitrogen and oxygen atoms in total. The topological polar surface area (TPSA) is 113 Å². The van der Waals surface area contributed by atoms with Gasteiger partial charge < -0.3 is 21.1 Å². The zero-order valence-corrected chi connectivity index (χ0v) is 19.9. The fraction of sp³-hybridized carbons (Fsp3) is 0.520. The first kappa shape index (κ1) is 23.3. The molecule has 1 atom stereocenters. The van der Waals surface area contributed by atoms with Crippen LogP contribution < -0.4 is 11.1 Å². The number of aliphatic hydroxyl groups excluding tert-OH is 1. The largest absolute Gasteiger partial charge is 0.394 e. The summed E-state index contributed by atoms with van der Waals surface area (Å²) < 4.78 is 0. The van der Waals surface area contributed by atoms with Crippen LogP contribution >= 0.6 is 0 Å². The predicted octanol–water partition coefficient (Wildman–Crippen LogP) is 3.83. The minimum Gasteiger partial charge on any atom is -0.394 e. The van der Waals surface area contributed by atoms with E-state index in [2.05, 4.69) is 51.3 Å². The summed E-state index contributed by atoms with van der Waals surface area (Å²) in [5, 5.41) is 13.3. The number of nitrogens with zero attached hydrogens (tertiary/aromatic N) is 5. The quantitative estimate of drug-likeness (QED) is 0.475. The van der Waals surface area contributed by atoms with Gasteiger partial charge >= 0.3 is 0 Å². The maximum Gasteiger partial charge on any atom is 0.222 e. The Balaban J connectivity index is 1.59. The highest BCUT2D eigenvalue weighted by atomic mass is 16.3. The minimum absolute atomic E-state index is 0.00815. The molecule has 0 radical (unpaired) electrons.